The lowest BCUT2D eigenvalue weighted by Crippen LogP contribution is -2.18. The fourth-order valence-electron chi connectivity index (χ4n) is 2.00. The molecule has 120 valence electrons. The van der Waals surface area contributed by atoms with Crippen LogP contribution in [0.15, 0.2) is 39.9 Å². The largest absolute Gasteiger partial charge is 0.486 e. The van der Waals surface area contributed by atoms with Gasteiger partial charge in [-0.05, 0) is 55.7 Å². The van der Waals surface area contributed by atoms with Gasteiger partial charge in [-0.15, -0.1) is 0 Å². The number of nitrogens with one attached hydrogen (secondary N) is 1. The molecule has 1 aromatic carbocycles. The number of aryl methyl sites for hydroxylation is 1. The van der Waals surface area contributed by atoms with Crippen LogP contribution in [-0.2, 0) is 11.4 Å². The van der Waals surface area contributed by atoms with Crippen molar-refractivity contribution in [3.8, 4) is 5.75 Å². The third kappa shape index (κ3) is 4.36. The Kier molecular flexibility index (Phi) is 4.67. The van der Waals surface area contributed by atoms with Crippen LogP contribution in [0.3, 0.4) is 0 Å². The van der Waals surface area contributed by atoms with Crippen molar-refractivity contribution >= 4 is 23.7 Å². The van der Waals surface area contributed by atoms with Gasteiger partial charge in [0.25, 0.3) is 0 Å². The molecule has 0 atom stereocenters. The average molecular weight is 333 g/mol. The molecule has 2 aromatic rings. The molecule has 1 aromatic heterocycles. The molecule has 0 bridgehead atoms. The van der Waals surface area contributed by atoms with Gasteiger partial charge in [0.15, 0.2) is 0 Å². The summed E-state index contributed by atoms with van der Waals surface area (Å²) < 4.78 is 11.2. The first-order valence-corrected chi connectivity index (χ1v) is 7.80. The minimum absolute atomic E-state index is 0.0329. The summed E-state index contributed by atoms with van der Waals surface area (Å²) in [6.07, 6.45) is 3.39. The molecule has 1 aliphatic rings. The monoisotopic (exact) mass is 332 g/mol. The van der Waals surface area contributed by atoms with E-state index in [1.807, 2.05) is 25.1 Å². The molecule has 1 heterocycles. The van der Waals surface area contributed by atoms with E-state index in [0.29, 0.717) is 23.2 Å². The minimum Gasteiger partial charge on any atom is -0.486 e. The van der Waals surface area contributed by atoms with Gasteiger partial charge in [0, 0.05) is 10.9 Å². The number of hydrogen-bond acceptors (Lipinski definition) is 4. The van der Waals surface area contributed by atoms with E-state index in [1.165, 1.54) is 6.21 Å². The van der Waals surface area contributed by atoms with Crippen molar-refractivity contribution < 1.29 is 13.9 Å². The first-order chi connectivity index (χ1) is 11.1. The highest BCUT2D eigenvalue weighted by molar-refractivity contribution is 6.31. The van der Waals surface area contributed by atoms with Crippen molar-refractivity contribution in [1.82, 2.24) is 5.43 Å². The van der Waals surface area contributed by atoms with Gasteiger partial charge in [0.05, 0.1) is 6.21 Å². The number of ether oxygens (including phenoxy) is 1. The van der Waals surface area contributed by atoms with Crippen LogP contribution in [0.25, 0.3) is 0 Å². The van der Waals surface area contributed by atoms with E-state index in [4.69, 9.17) is 20.8 Å². The zero-order valence-corrected chi connectivity index (χ0v) is 13.5. The molecule has 1 saturated carbocycles. The highest BCUT2D eigenvalue weighted by Crippen LogP contribution is 2.28. The van der Waals surface area contributed by atoms with E-state index in [0.717, 1.165) is 24.2 Å². The molecule has 5 nitrogen and oxygen atoms in total. The fourth-order valence-corrected chi connectivity index (χ4v) is 2.12. The summed E-state index contributed by atoms with van der Waals surface area (Å²) >= 11 is 5.98. The first kappa shape index (κ1) is 15.6. The molecule has 0 spiro atoms. The Bertz CT molecular complexity index is 735. The molecular formula is C17H17ClN2O3. The lowest BCUT2D eigenvalue weighted by Gasteiger charge is -2.05. The van der Waals surface area contributed by atoms with E-state index in [1.54, 1.807) is 12.1 Å². The summed E-state index contributed by atoms with van der Waals surface area (Å²) in [5.41, 5.74) is 3.46. The Morgan fingerprint density at radius 3 is 3.00 bits per heavy atom. The summed E-state index contributed by atoms with van der Waals surface area (Å²) in [5.74, 6) is 2.07. The second-order valence-corrected chi connectivity index (χ2v) is 5.92. The van der Waals surface area contributed by atoms with Crippen molar-refractivity contribution in [2.45, 2.75) is 26.4 Å². The Balaban J connectivity index is 1.51. The lowest BCUT2D eigenvalue weighted by atomic mass is 10.2. The number of nitrogens with zero attached hydrogens (tertiary/aromatic N) is 1. The summed E-state index contributed by atoms with van der Waals surface area (Å²) in [6, 6.07) is 9.08. The van der Waals surface area contributed by atoms with Crippen LogP contribution < -0.4 is 10.2 Å². The van der Waals surface area contributed by atoms with Crippen LogP contribution in [0.2, 0.25) is 5.02 Å². The summed E-state index contributed by atoms with van der Waals surface area (Å²) in [5, 5.41) is 4.59. The smallest absolute Gasteiger partial charge is 0.243 e. The number of furan rings is 1. The average Bonchev–Trinajstić information content (AvgIpc) is 3.29. The molecule has 1 amide bonds. The molecule has 1 fully saturated rings. The topological polar surface area (TPSA) is 63.8 Å². The van der Waals surface area contributed by atoms with Crippen LogP contribution >= 0.6 is 11.6 Å². The second-order valence-electron chi connectivity index (χ2n) is 5.51. The molecule has 0 radical (unpaired) electrons. The number of rotatable bonds is 6. The van der Waals surface area contributed by atoms with E-state index in [2.05, 4.69) is 10.5 Å². The summed E-state index contributed by atoms with van der Waals surface area (Å²) in [4.78, 5) is 11.4. The van der Waals surface area contributed by atoms with Gasteiger partial charge in [0.1, 0.15) is 23.9 Å². The molecule has 23 heavy (non-hydrogen) atoms. The highest BCUT2D eigenvalue weighted by atomic mass is 35.5. The maximum Gasteiger partial charge on any atom is 0.243 e. The van der Waals surface area contributed by atoms with Crippen LogP contribution in [0.1, 0.15) is 29.9 Å². The lowest BCUT2D eigenvalue weighted by molar-refractivity contribution is -0.122. The molecule has 0 aliphatic heterocycles. The van der Waals surface area contributed by atoms with Gasteiger partial charge in [0.2, 0.25) is 5.91 Å². The second kappa shape index (κ2) is 6.87. The number of benzene rings is 1. The molecule has 6 heteroatoms. The maximum atomic E-state index is 11.4. The van der Waals surface area contributed by atoms with Gasteiger partial charge in [-0.1, -0.05) is 11.6 Å². The Hall–Kier alpha value is -2.27. The van der Waals surface area contributed by atoms with E-state index >= 15 is 0 Å². The predicted octanol–water partition coefficient (Wildman–Crippen LogP) is 3.68. The number of carbonyl (C=O) groups is 1. The minimum atomic E-state index is -0.0329. The van der Waals surface area contributed by atoms with E-state index in [-0.39, 0.29) is 11.8 Å². The van der Waals surface area contributed by atoms with Gasteiger partial charge < -0.3 is 9.15 Å². The molecule has 0 unspecified atom stereocenters. The standard InChI is InChI=1S/C17H17ClN2O3/c1-11-8-13(6-7-16(11)18)22-10-15-5-4-14(23-15)9-19-20-17(21)12-2-3-12/h4-9,12H,2-3,10H2,1H3,(H,20,21). The first-order valence-electron chi connectivity index (χ1n) is 7.42. The normalized spacial score (nSPS) is 14.2. The summed E-state index contributed by atoms with van der Waals surface area (Å²) in [6.45, 7) is 2.23. The van der Waals surface area contributed by atoms with Crippen LogP contribution in [0.5, 0.6) is 5.75 Å². The van der Waals surface area contributed by atoms with Crippen molar-refractivity contribution in [3.63, 3.8) is 0 Å². The molecule has 1 aliphatic carbocycles. The third-order valence-corrected chi connectivity index (χ3v) is 3.93. The van der Waals surface area contributed by atoms with Crippen LogP contribution in [0, 0.1) is 12.8 Å². The Labute approximate surface area is 139 Å². The number of hydrogen-bond donors (Lipinski definition) is 1. The molecule has 3 rings (SSSR count). The fraction of sp³-hybridized carbons (Fsp3) is 0.294. The SMILES string of the molecule is Cc1cc(OCc2ccc(C=NNC(=O)C3CC3)o2)ccc1Cl. The zero-order chi connectivity index (χ0) is 16.2. The number of halogens is 1. The van der Waals surface area contributed by atoms with Crippen molar-refractivity contribution in [2.75, 3.05) is 0 Å². The van der Waals surface area contributed by atoms with Gasteiger partial charge in [-0.25, -0.2) is 5.43 Å². The molecular weight excluding hydrogens is 316 g/mol. The van der Waals surface area contributed by atoms with Crippen molar-refractivity contribution in [3.05, 3.63) is 52.4 Å². The van der Waals surface area contributed by atoms with Gasteiger partial charge in [-0.3, -0.25) is 4.79 Å². The van der Waals surface area contributed by atoms with E-state index < -0.39 is 0 Å². The van der Waals surface area contributed by atoms with Crippen molar-refractivity contribution in [2.24, 2.45) is 11.0 Å². The van der Waals surface area contributed by atoms with Crippen LogP contribution in [-0.4, -0.2) is 12.1 Å². The van der Waals surface area contributed by atoms with Gasteiger partial charge >= 0.3 is 0 Å². The molecule has 0 saturated heterocycles. The maximum absolute atomic E-state index is 11.4. The van der Waals surface area contributed by atoms with Crippen molar-refractivity contribution in [1.29, 1.82) is 0 Å². The Morgan fingerprint density at radius 2 is 2.26 bits per heavy atom. The quantitative estimate of drug-likeness (QED) is 0.648. The highest BCUT2D eigenvalue weighted by Gasteiger charge is 2.29. The number of amides is 1. The third-order valence-electron chi connectivity index (χ3n) is 3.51. The molecule has 1 N–H and O–H groups in total. The number of carbonyl (C=O) groups excluding carboxylic acids is 1. The Morgan fingerprint density at radius 1 is 1.43 bits per heavy atom. The van der Waals surface area contributed by atoms with Gasteiger partial charge in [-0.2, -0.15) is 5.10 Å². The number of hydrazone groups is 1. The van der Waals surface area contributed by atoms with E-state index in [9.17, 15) is 4.79 Å². The predicted molar refractivity (Wildman–Crippen MR) is 87.7 cm³/mol. The zero-order valence-electron chi connectivity index (χ0n) is 12.7. The van der Waals surface area contributed by atoms with Crippen LogP contribution in [0.4, 0.5) is 0 Å². The summed E-state index contributed by atoms with van der Waals surface area (Å²) in [7, 11) is 0.